The highest BCUT2D eigenvalue weighted by Crippen LogP contribution is 2.14. The molecule has 0 aliphatic heterocycles. The van der Waals surface area contributed by atoms with Gasteiger partial charge in [0.2, 0.25) is 0 Å². The molecule has 0 heterocycles. The van der Waals surface area contributed by atoms with E-state index in [1.165, 1.54) is 116 Å². The first-order chi connectivity index (χ1) is 13.7. The highest BCUT2D eigenvalue weighted by molar-refractivity contribution is 6.42. The average Bonchev–Trinajstić information content (AvgIpc) is 2.68. The van der Waals surface area contributed by atoms with Gasteiger partial charge in [-0.3, -0.25) is 0 Å². The molecule has 0 aromatic rings. The van der Waals surface area contributed by atoms with Crippen molar-refractivity contribution in [3.8, 4) is 0 Å². The molecule has 0 aromatic carbocycles. The maximum absolute atomic E-state index is 5.20. The second kappa shape index (κ2) is 29.3. The quantitative estimate of drug-likeness (QED) is 0.137. The predicted octanol–water partition coefficient (Wildman–Crippen LogP) is 8.96. The lowest BCUT2D eigenvalue weighted by Crippen LogP contribution is -2.17. The van der Waals surface area contributed by atoms with E-state index in [2.05, 4.69) is 13.8 Å². The van der Waals surface area contributed by atoms with Gasteiger partial charge < -0.3 is 8.85 Å². The fourth-order valence-electron chi connectivity index (χ4n) is 3.49. The van der Waals surface area contributed by atoms with Crippen molar-refractivity contribution in [2.75, 3.05) is 13.2 Å². The number of rotatable bonds is 21. The Morgan fingerprint density at radius 2 is 0.607 bits per heavy atom. The molecule has 0 bridgehead atoms. The highest BCUT2D eigenvalue weighted by Gasteiger charge is 1.99. The van der Waals surface area contributed by atoms with Crippen LogP contribution in [0, 0.1) is 0 Å². The SMILES string of the molecule is CCCCCCCCCCCCCCCCCCCC.CCO[SiH](C)OCC. The molecule has 0 aliphatic carbocycles. The van der Waals surface area contributed by atoms with Crippen LogP contribution >= 0.6 is 0 Å². The molecule has 0 amide bonds. The first-order valence-corrected chi connectivity index (χ1v) is 15.1. The van der Waals surface area contributed by atoms with Crippen LogP contribution in [0.3, 0.4) is 0 Å². The van der Waals surface area contributed by atoms with Crippen LogP contribution in [0.1, 0.15) is 143 Å². The Bertz CT molecular complexity index is 225. The summed E-state index contributed by atoms with van der Waals surface area (Å²) in [6, 6.07) is 0. The van der Waals surface area contributed by atoms with E-state index in [-0.39, 0.29) is 0 Å². The van der Waals surface area contributed by atoms with Crippen molar-refractivity contribution in [3.63, 3.8) is 0 Å². The second-order valence-electron chi connectivity index (χ2n) is 8.14. The molecule has 0 atom stereocenters. The lowest BCUT2D eigenvalue weighted by Gasteiger charge is -2.07. The molecule has 0 unspecified atom stereocenters. The minimum absolute atomic E-state index is 0.785. The Labute approximate surface area is 181 Å². The third-order valence-electron chi connectivity index (χ3n) is 5.26. The van der Waals surface area contributed by atoms with Gasteiger partial charge in [-0.2, -0.15) is 0 Å². The molecule has 0 aromatic heterocycles. The summed E-state index contributed by atoms with van der Waals surface area (Å²) in [4.78, 5) is 0. The van der Waals surface area contributed by atoms with Gasteiger partial charge in [-0.1, -0.05) is 129 Å². The van der Waals surface area contributed by atoms with Crippen molar-refractivity contribution in [2.45, 2.75) is 150 Å². The molecule has 0 saturated heterocycles. The highest BCUT2D eigenvalue weighted by atomic mass is 28.3. The van der Waals surface area contributed by atoms with Crippen molar-refractivity contribution in [1.82, 2.24) is 0 Å². The third-order valence-corrected chi connectivity index (χ3v) is 6.87. The first-order valence-electron chi connectivity index (χ1n) is 13.0. The van der Waals surface area contributed by atoms with Gasteiger partial charge >= 0.3 is 9.28 Å². The Morgan fingerprint density at radius 1 is 0.393 bits per heavy atom. The van der Waals surface area contributed by atoms with E-state index in [0.29, 0.717) is 0 Å². The van der Waals surface area contributed by atoms with Gasteiger partial charge in [0.15, 0.2) is 0 Å². The van der Waals surface area contributed by atoms with Gasteiger partial charge in [0.25, 0.3) is 0 Å². The van der Waals surface area contributed by atoms with Crippen LogP contribution in [0.4, 0.5) is 0 Å². The second-order valence-corrected chi connectivity index (χ2v) is 9.94. The van der Waals surface area contributed by atoms with Gasteiger partial charge in [-0.05, 0) is 20.4 Å². The molecular weight excluding hydrogens is 360 g/mol. The molecule has 2 nitrogen and oxygen atoms in total. The zero-order chi connectivity index (χ0) is 21.1. The van der Waals surface area contributed by atoms with Gasteiger partial charge in [-0.25, -0.2) is 0 Å². The normalized spacial score (nSPS) is 10.9. The summed E-state index contributed by atoms with van der Waals surface area (Å²) >= 11 is 0. The van der Waals surface area contributed by atoms with E-state index in [9.17, 15) is 0 Å². The molecule has 0 radical (unpaired) electrons. The Balaban J connectivity index is 0. The summed E-state index contributed by atoms with van der Waals surface area (Å²) in [5.74, 6) is 0. The van der Waals surface area contributed by atoms with E-state index in [1.54, 1.807) is 0 Å². The molecule has 0 N–H and O–H groups in total. The minimum Gasteiger partial charge on any atom is -0.397 e. The Hall–Kier alpha value is 0.137. The van der Waals surface area contributed by atoms with Crippen LogP contribution in [-0.2, 0) is 8.85 Å². The van der Waals surface area contributed by atoms with Crippen LogP contribution in [0.5, 0.6) is 0 Å². The van der Waals surface area contributed by atoms with E-state index in [0.717, 1.165) is 13.2 Å². The summed E-state index contributed by atoms with van der Waals surface area (Å²) in [6.45, 7) is 12.2. The molecule has 172 valence electrons. The fourth-order valence-corrected chi connectivity index (χ4v) is 4.53. The zero-order valence-corrected chi connectivity index (χ0v) is 21.7. The number of unbranched alkanes of at least 4 members (excludes halogenated alkanes) is 17. The average molecular weight is 417 g/mol. The summed E-state index contributed by atoms with van der Waals surface area (Å²) < 4.78 is 10.4. The summed E-state index contributed by atoms with van der Waals surface area (Å²) in [6.07, 6.45) is 26.4. The maximum Gasteiger partial charge on any atom is 0.318 e. The number of hydrogen-bond donors (Lipinski definition) is 0. The van der Waals surface area contributed by atoms with E-state index in [1.807, 2.05) is 20.4 Å². The van der Waals surface area contributed by atoms with Crippen LogP contribution < -0.4 is 0 Å². The summed E-state index contributed by atoms with van der Waals surface area (Å²) in [5.41, 5.74) is 0. The molecule has 0 fully saturated rings. The van der Waals surface area contributed by atoms with Gasteiger partial charge in [0.1, 0.15) is 0 Å². The van der Waals surface area contributed by atoms with Gasteiger partial charge in [0.05, 0.1) is 0 Å². The third kappa shape index (κ3) is 30.9. The molecule has 0 spiro atoms. The van der Waals surface area contributed by atoms with Crippen molar-refractivity contribution in [1.29, 1.82) is 0 Å². The van der Waals surface area contributed by atoms with E-state index in [4.69, 9.17) is 8.85 Å². The molecule has 28 heavy (non-hydrogen) atoms. The Morgan fingerprint density at radius 3 is 0.786 bits per heavy atom. The smallest absolute Gasteiger partial charge is 0.318 e. The Kier molecular flexibility index (Phi) is 31.8. The molecular formula is C25H56O2Si. The lowest BCUT2D eigenvalue weighted by molar-refractivity contribution is 0.219. The van der Waals surface area contributed by atoms with Crippen molar-refractivity contribution >= 4 is 9.28 Å². The van der Waals surface area contributed by atoms with Crippen LogP contribution in [0.25, 0.3) is 0 Å². The van der Waals surface area contributed by atoms with Crippen molar-refractivity contribution in [2.24, 2.45) is 0 Å². The lowest BCUT2D eigenvalue weighted by atomic mass is 10.0. The first kappa shape index (κ1) is 30.3. The fraction of sp³-hybridized carbons (Fsp3) is 1.00. The van der Waals surface area contributed by atoms with Crippen molar-refractivity contribution < 1.29 is 8.85 Å². The topological polar surface area (TPSA) is 18.5 Å². The predicted molar refractivity (Wildman–Crippen MR) is 131 cm³/mol. The van der Waals surface area contributed by atoms with Crippen molar-refractivity contribution in [3.05, 3.63) is 0 Å². The summed E-state index contributed by atoms with van der Waals surface area (Å²) in [7, 11) is -1.20. The van der Waals surface area contributed by atoms with E-state index < -0.39 is 9.28 Å². The maximum atomic E-state index is 5.20. The molecule has 3 heteroatoms. The summed E-state index contributed by atoms with van der Waals surface area (Å²) in [5, 5.41) is 0. The van der Waals surface area contributed by atoms with Crippen LogP contribution in [-0.4, -0.2) is 22.5 Å². The molecule has 0 aliphatic rings. The number of hydrogen-bond acceptors (Lipinski definition) is 2. The largest absolute Gasteiger partial charge is 0.397 e. The van der Waals surface area contributed by atoms with E-state index >= 15 is 0 Å². The van der Waals surface area contributed by atoms with Crippen LogP contribution in [0.15, 0.2) is 0 Å². The molecule has 0 rings (SSSR count). The van der Waals surface area contributed by atoms with Gasteiger partial charge in [-0.15, -0.1) is 0 Å². The van der Waals surface area contributed by atoms with Gasteiger partial charge in [0, 0.05) is 13.2 Å². The zero-order valence-electron chi connectivity index (χ0n) is 20.5. The monoisotopic (exact) mass is 416 g/mol. The standard InChI is InChI=1S/C20H42.C5H14O2Si/c1-3-5-7-9-11-13-15-17-19-20-18-16-14-12-10-8-6-4-2;1-4-6-8(3)7-5-2/h3-20H2,1-2H3;8H,4-5H2,1-3H3. The molecule has 0 saturated carbocycles. The minimum atomic E-state index is -1.20. The van der Waals surface area contributed by atoms with Crippen LogP contribution in [0.2, 0.25) is 6.55 Å².